The minimum atomic E-state index is -4.38. The van der Waals surface area contributed by atoms with E-state index in [2.05, 4.69) is 0 Å². The second kappa shape index (κ2) is 4.73. The second-order valence-electron chi connectivity index (χ2n) is 2.22. The number of hydrogen-bond acceptors (Lipinski definition) is 1. The molecule has 0 N–H and O–H groups in total. The predicted molar refractivity (Wildman–Crippen MR) is 63.7 cm³/mol. The highest BCUT2D eigenvalue weighted by atomic mass is 127. The van der Waals surface area contributed by atoms with Crippen molar-refractivity contribution in [2.75, 3.05) is 0 Å². The molecule has 7 heteroatoms. The van der Waals surface area contributed by atoms with E-state index in [0.717, 1.165) is 6.07 Å². The number of alkyl halides is 3. The Labute approximate surface area is 109 Å². The second-order valence-corrected chi connectivity index (χ2v) is 5.54. The van der Waals surface area contributed by atoms with Crippen molar-refractivity contribution in [1.82, 2.24) is 0 Å². The first kappa shape index (κ1) is 12.8. The molecule has 0 aliphatic carbocycles. The van der Waals surface area contributed by atoms with E-state index < -0.39 is 11.3 Å². The van der Waals surface area contributed by atoms with Gasteiger partial charge in [-0.1, -0.05) is 0 Å². The summed E-state index contributed by atoms with van der Waals surface area (Å²) in [6.45, 7) is 0. The van der Waals surface area contributed by atoms with Crippen LogP contribution in [0, 0.1) is 13.0 Å². The van der Waals surface area contributed by atoms with Crippen LogP contribution in [0.2, 0.25) is 0 Å². The summed E-state index contributed by atoms with van der Waals surface area (Å²) in [7, 11) is 0. The van der Waals surface area contributed by atoms with Gasteiger partial charge in [-0.3, -0.25) is 0 Å². The highest BCUT2D eigenvalue weighted by Gasteiger charge is 2.31. The third-order valence-electron chi connectivity index (χ3n) is 1.22. The van der Waals surface area contributed by atoms with Gasteiger partial charge >= 0.3 is 5.51 Å². The average molecular weight is 448 g/mol. The fourth-order valence-electron chi connectivity index (χ4n) is 0.718. The molecule has 0 saturated heterocycles. The molecular weight excluding hydrogens is 446 g/mol. The van der Waals surface area contributed by atoms with E-state index in [4.69, 9.17) is 0 Å². The van der Waals surface area contributed by atoms with Gasteiger partial charge in [0.25, 0.3) is 0 Å². The third kappa shape index (κ3) is 3.40. The predicted octanol–water partition coefficient (Wildman–Crippen LogP) is 4.65. The molecule has 14 heavy (non-hydrogen) atoms. The summed E-state index contributed by atoms with van der Waals surface area (Å²) in [5, 5.41) is 0. The number of rotatable bonds is 1. The van der Waals surface area contributed by atoms with Gasteiger partial charge in [0.15, 0.2) is 0 Å². The zero-order valence-electron chi connectivity index (χ0n) is 6.33. The Morgan fingerprint density at radius 2 is 1.71 bits per heavy atom. The molecule has 0 aliphatic heterocycles. The van der Waals surface area contributed by atoms with Crippen molar-refractivity contribution >= 4 is 56.9 Å². The fourth-order valence-corrected chi connectivity index (χ4v) is 3.40. The lowest BCUT2D eigenvalue weighted by Gasteiger charge is -2.09. The van der Waals surface area contributed by atoms with E-state index in [9.17, 15) is 17.6 Å². The van der Waals surface area contributed by atoms with Crippen LogP contribution in [-0.4, -0.2) is 5.51 Å². The molecule has 0 fully saturated rings. The van der Waals surface area contributed by atoms with Crippen LogP contribution in [0.5, 0.6) is 0 Å². The van der Waals surface area contributed by atoms with Crippen molar-refractivity contribution < 1.29 is 17.6 Å². The molecule has 1 aromatic carbocycles. The lowest BCUT2D eigenvalue weighted by molar-refractivity contribution is -0.0328. The van der Waals surface area contributed by atoms with Crippen LogP contribution in [0.1, 0.15) is 0 Å². The summed E-state index contributed by atoms with van der Waals surface area (Å²) in [5.74, 6) is -0.627. The minimum Gasteiger partial charge on any atom is -0.206 e. The molecular formula is C7H2F4I2S. The maximum absolute atomic E-state index is 12.9. The molecule has 0 bridgehead atoms. The van der Waals surface area contributed by atoms with Crippen LogP contribution in [0.25, 0.3) is 0 Å². The van der Waals surface area contributed by atoms with Gasteiger partial charge in [0.1, 0.15) is 5.82 Å². The third-order valence-corrected chi connectivity index (χ3v) is 4.76. The summed E-state index contributed by atoms with van der Waals surface area (Å²) >= 11 is 3.03. The Kier molecular flexibility index (Phi) is 4.33. The van der Waals surface area contributed by atoms with Gasteiger partial charge in [-0.05, 0) is 69.1 Å². The van der Waals surface area contributed by atoms with Gasteiger partial charge < -0.3 is 0 Å². The van der Waals surface area contributed by atoms with E-state index in [1.807, 2.05) is 0 Å². The number of hydrogen-bond donors (Lipinski definition) is 0. The van der Waals surface area contributed by atoms with Crippen LogP contribution >= 0.6 is 56.9 Å². The Bertz CT molecular complexity index is 350. The van der Waals surface area contributed by atoms with Crippen LogP contribution in [0.4, 0.5) is 17.6 Å². The van der Waals surface area contributed by atoms with Crippen molar-refractivity contribution in [1.29, 1.82) is 0 Å². The summed E-state index contributed by atoms with van der Waals surface area (Å²) in [6, 6.07) is 2.48. The largest absolute Gasteiger partial charge is 0.446 e. The lowest BCUT2D eigenvalue weighted by atomic mass is 10.3. The Morgan fingerprint density at radius 3 is 2.21 bits per heavy atom. The summed E-state index contributed by atoms with van der Waals surface area (Å²) < 4.78 is 49.6. The Morgan fingerprint density at radius 1 is 1.14 bits per heavy atom. The number of thioether (sulfide) groups is 1. The number of benzene rings is 1. The quantitative estimate of drug-likeness (QED) is 0.261. The zero-order chi connectivity index (χ0) is 10.9. The summed E-state index contributed by atoms with van der Waals surface area (Å²) in [5.41, 5.74) is -4.38. The molecule has 1 rings (SSSR count). The van der Waals surface area contributed by atoms with Crippen molar-refractivity contribution in [3.8, 4) is 0 Å². The van der Waals surface area contributed by atoms with Crippen molar-refractivity contribution in [2.45, 2.75) is 10.4 Å². The van der Waals surface area contributed by atoms with Crippen LogP contribution in [0.15, 0.2) is 17.0 Å². The summed E-state index contributed by atoms with van der Waals surface area (Å²) in [6.07, 6.45) is 0. The standard InChI is InChI=1S/C7H2F4I2S/c8-3-1-2-4(12)6(5(3)13)14-7(9,10)11/h1-2H. The topological polar surface area (TPSA) is 0 Å². The Hall–Kier alpha value is 0.750. The highest BCUT2D eigenvalue weighted by molar-refractivity contribution is 14.1. The van der Waals surface area contributed by atoms with Crippen LogP contribution in [-0.2, 0) is 0 Å². The minimum absolute atomic E-state index is 0.0109. The SMILES string of the molecule is Fc1ccc(I)c(SC(F)(F)F)c1I. The van der Waals surface area contributed by atoms with Gasteiger partial charge in [-0.15, -0.1) is 0 Å². The van der Waals surface area contributed by atoms with Gasteiger partial charge in [0.2, 0.25) is 0 Å². The zero-order valence-corrected chi connectivity index (χ0v) is 11.5. The molecule has 0 saturated carbocycles. The van der Waals surface area contributed by atoms with Crippen molar-refractivity contribution in [3.05, 3.63) is 25.1 Å². The molecule has 0 radical (unpaired) electrons. The van der Waals surface area contributed by atoms with E-state index >= 15 is 0 Å². The smallest absolute Gasteiger partial charge is 0.206 e. The summed E-state index contributed by atoms with van der Waals surface area (Å²) in [4.78, 5) is -0.0706. The Balaban J connectivity index is 3.13. The first-order valence-corrected chi connectivity index (χ1v) is 6.18. The van der Waals surface area contributed by atoms with Crippen molar-refractivity contribution in [3.63, 3.8) is 0 Å². The molecule has 0 aromatic heterocycles. The maximum Gasteiger partial charge on any atom is 0.446 e. The van der Waals surface area contributed by atoms with Crippen LogP contribution in [0.3, 0.4) is 0 Å². The molecule has 0 spiro atoms. The van der Waals surface area contributed by atoms with Crippen molar-refractivity contribution in [2.24, 2.45) is 0 Å². The first-order chi connectivity index (χ1) is 6.31. The molecule has 0 amide bonds. The number of halogens is 6. The van der Waals surface area contributed by atoms with E-state index in [-0.39, 0.29) is 20.2 Å². The van der Waals surface area contributed by atoms with Gasteiger partial charge in [-0.2, -0.15) is 13.2 Å². The van der Waals surface area contributed by atoms with E-state index in [0.29, 0.717) is 3.57 Å². The van der Waals surface area contributed by atoms with Gasteiger partial charge in [0, 0.05) is 8.47 Å². The average Bonchev–Trinajstić information content (AvgIpc) is 2.04. The molecule has 0 aliphatic rings. The molecule has 78 valence electrons. The lowest BCUT2D eigenvalue weighted by Crippen LogP contribution is -2.02. The molecule has 0 atom stereocenters. The van der Waals surface area contributed by atoms with E-state index in [1.54, 1.807) is 45.2 Å². The highest BCUT2D eigenvalue weighted by Crippen LogP contribution is 2.41. The molecule has 0 unspecified atom stereocenters. The van der Waals surface area contributed by atoms with Crippen LogP contribution < -0.4 is 0 Å². The van der Waals surface area contributed by atoms with Gasteiger partial charge in [-0.25, -0.2) is 4.39 Å². The first-order valence-electron chi connectivity index (χ1n) is 3.20. The maximum atomic E-state index is 12.9. The van der Waals surface area contributed by atoms with E-state index in [1.165, 1.54) is 6.07 Å². The fraction of sp³-hybridized carbons (Fsp3) is 0.143. The molecule has 0 nitrogen and oxygen atoms in total. The normalized spacial score (nSPS) is 11.9. The molecule has 1 aromatic rings. The monoisotopic (exact) mass is 448 g/mol. The van der Waals surface area contributed by atoms with Gasteiger partial charge in [0.05, 0.1) is 3.57 Å². The molecule has 0 heterocycles.